The second-order valence-corrected chi connectivity index (χ2v) is 8.46. The molecular formula is C16H24N4OS2. The largest absolute Gasteiger partial charge is 0.357 e. The van der Waals surface area contributed by atoms with Crippen molar-refractivity contribution in [3.63, 3.8) is 0 Å². The van der Waals surface area contributed by atoms with E-state index in [1.807, 2.05) is 0 Å². The molecule has 0 aromatic carbocycles. The first-order valence-corrected chi connectivity index (χ1v) is 10.2. The van der Waals surface area contributed by atoms with Crippen LogP contribution in [0.3, 0.4) is 0 Å². The van der Waals surface area contributed by atoms with Crippen molar-refractivity contribution in [2.24, 2.45) is 11.8 Å². The van der Waals surface area contributed by atoms with Crippen LogP contribution < -0.4 is 5.32 Å². The van der Waals surface area contributed by atoms with Gasteiger partial charge < -0.3 is 10.2 Å². The Kier molecular flexibility index (Phi) is 5.94. The van der Waals surface area contributed by atoms with Crippen molar-refractivity contribution in [3.8, 4) is 0 Å². The molecule has 1 amide bonds. The van der Waals surface area contributed by atoms with E-state index in [9.17, 15) is 4.79 Å². The number of nitrogens with one attached hydrogen (secondary N) is 1. The van der Waals surface area contributed by atoms with Gasteiger partial charge in [-0.25, -0.2) is 0 Å². The second-order valence-electron chi connectivity index (χ2n) is 6.26. The van der Waals surface area contributed by atoms with E-state index >= 15 is 0 Å². The third-order valence-electron chi connectivity index (χ3n) is 4.77. The smallest absolute Gasteiger partial charge is 0.233 e. The predicted molar refractivity (Wildman–Crippen MR) is 96.0 cm³/mol. The molecule has 0 bridgehead atoms. The topological polar surface area (TPSA) is 58.1 Å². The van der Waals surface area contributed by atoms with Crippen molar-refractivity contribution in [1.82, 2.24) is 15.1 Å². The fraction of sp³-hybridized carbons (Fsp3) is 0.688. The van der Waals surface area contributed by atoms with Gasteiger partial charge in [-0.2, -0.15) is 0 Å². The summed E-state index contributed by atoms with van der Waals surface area (Å²) in [5.41, 5.74) is 0. The zero-order chi connectivity index (χ0) is 16.1. The monoisotopic (exact) mass is 352 g/mol. The average molecular weight is 353 g/mol. The second kappa shape index (κ2) is 8.15. The number of carbonyl (C=O) groups is 1. The van der Waals surface area contributed by atoms with E-state index in [-0.39, 0.29) is 5.91 Å². The standard InChI is InChI=1S/C16H24N4OS2/c1-2-8-17-15-18-19-16(23-15)22-11-14(21)20-9-7-12-5-3-4-6-13(12)10-20/h2,12-13H,1,3-11H2,(H,17,18)/t12-,13-/m1/s1. The van der Waals surface area contributed by atoms with Crippen LogP contribution in [0, 0.1) is 11.8 Å². The predicted octanol–water partition coefficient (Wildman–Crippen LogP) is 3.27. The first kappa shape index (κ1) is 16.8. The summed E-state index contributed by atoms with van der Waals surface area (Å²) in [5, 5.41) is 12.1. The number of fused-ring (bicyclic) bond motifs is 1. The molecule has 0 spiro atoms. The molecule has 1 aromatic heterocycles. The van der Waals surface area contributed by atoms with Gasteiger partial charge in [0.15, 0.2) is 4.34 Å². The van der Waals surface area contributed by atoms with E-state index in [1.165, 1.54) is 55.2 Å². The van der Waals surface area contributed by atoms with Gasteiger partial charge in [-0.3, -0.25) is 4.79 Å². The molecule has 1 saturated heterocycles. The first-order chi connectivity index (χ1) is 11.3. The van der Waals surface area contributed by atoms with Gasteiger partial charge in [-0.1, -0.05) is 48.4 Å². The minimum absolute atomic E-state index is 0.245. The number of aromatic nitrogens is 2. The van der Waals surface area contributed by atoms with Crippen LogP contribution in [0.1, 0.15) is 32.1 Å². The Hall–Kier alpha value is -1.08. The quantitative estimate of drug-likeness (QED) is 0.629. The molecule has 1 saturated carbocycles. The van der Waals surface area contributed by atoms with Crippen molar-refractivity contribution in [1.29, 1.82) is 0 Å². The van der Waals surface area contributed by atoms with Gasteiger partial charge in [0.25, 0.3) is 0 Å². The van der Waals surface area contributed by atoms with E-state index in [4.69, 9.17) is 0 Å². The van der Waals surface area contributed by atoms with Crippen molar-refractivity contribution in [2.45, 2.75) is 36.4 Å². The number of likely N-dealkylation sites (tertiary alicyclic amines) is 1. The van der Waals surface area contributed by atoms with E-state index in [0.717, 1.165) is 34.4 Å². The van der Waals surface area contributed by atoms with Crippen LogP contribution in [0.5, 0.6) is 0 Å². The number of amides is 1. The van der Waals surface area contributed by atoms with E-state index in [2.05, 4.69) is 27.0 Å². The highest BCUT2D eigenvalue weighted by Gasteiger charge is 2.32. The maximum Gasteiger partial charge on any atom is 0.233 e. The summed E-state index contributed by atoms with van der Waals surface area (Å²) in [4.78, 5) is 14.5. The van der Waals surface area contributed by atoms with Crippen LogP contribution in [0.15, 0.2) is 17.0 Å². The summed E-state index contributed by atoms with van der Waals surface area (Å²) >= 11 is 2.98. The highest BCUT2D eigenvalue weighted by Crippen LogP contribution is 2.36. The Morgan fingerprint density at radius 1 is 1.35 bits per heavy atom. The number of carbonyl (C=O) groups excluding carboxylic acids is 1. The Labute approximate surface area is 145 Å². The van der Waals surface area contributed by atoms with Crippen molar-refractivity contribution >= 4 is 34.1 Å². The number of hydrogen-bond acceptors (Lipinski definition) is 6. The maximum atomic E-state index is 12.5. The lowest BCUT2D eigenvalue weighted by Gasteiger charge is -2.41. The molecule has 7 heteroatoms. The molecule has 0 radical (unpaired) electrons. The number of nitrogens with zero attached hydrogens (tertiary/aromatic N) is 3. The molecule has 23 heavy (non-hydrogen) atoms. The molecule has 1 aromatic rings. The molecule has 1 aliphatic heterocycles. The number of thioether (sulfide) groups is 1. The molecule has 3 rings (SSSR count). The molecule has 2 aliphatic rings. The Bertz CT molecular complexity index is 548. The Morgan fingerprint density at radius 3 is 3.00 bits per heavy atom. The summed E-state index contributed by atoms with van der Waals surface area (Å²) in [6, 6.07) is 0. The lowest BCUT2D eigenvalue weighted by Crippen LogP contribution is -2.45. The lowest BCUT2D eigenvalue weighted by molar-refractivity contribution is -0.131. The van der Waals surface area contributed by atoms with Gasteiger partial charge in [0, 0.05) is 19.6 Å². The summed E-state index contributed by atoms with van der Waals surface area (Å²) in [7, 11) is 0. The highest BCUT2D eigenvalue weighted by molar-refractivity contribution is 8.01. The number of hydrogen-bond donors (Lipinski definition) is 1. The van der Waals surface area contributed by atoms with Gasteiger partial charge in [0.2, 0.25) is 11.0 Å². The number of piperidine rings is 1. The van der Waals surface area contributed by atoms with Crippen molar-refractivity contribution in [3.05, 3.63) is 12.7 Å². The average Bonchev–Trinajstić information content (AvgIpc) is 3.05. The molecule has 0 unspecified atom stereocenters. The molecule has 2 heterocycles. The van der Waals surface area contributed by atoms with Crippen LogP contribution >= 0.6 is 23.1 Å². The van der Waals surface area contributed by atoms with Crippen LogP contribution in [0.25, 0.3) is 0 Å². The summed E-state index contributed by atoms with van der Waals surface area (Å²) < 4.78 is 0.845. The minimum atomic E-state index is 0.245. The molecule has 2 fully saturated rings. The third kappa shape index (κ3) is 4.47. The van der Waals surface area contributed by atoms with Crippen LogP contribution in [-0.2, 0) is 4.79 Å². The zero-order valence-electron chi connectivity index (χ0n) is 13.4. The van der Waals surface area contributed by atoms with E-state index in [0.29, 0.717) is 12.3 Å². The fourth-order valence-corrected chi connectivity index (χ4v) is 5.20. The molecule has 5 nitrogen and oxygen atoms in total. The van der Waals surface area contributed by atoms with Gasteiger partial charge in [-0.05, 0) is 24.7 Å². The number of rotatable bonds is 6. The SMILES string of the molecule is C=CCNc1nnc(SCC(=O)N2CC[C@H]3CCCC[C@@H]3C2)s1. The van der Waals surface area contributed by atoms with Crippen molar-refractivity contribution in [2.75, 3.05) is 30.7 Å². The molecule has 1 aliphatic carbocycles. The normalized spacial score (nSPS) is 24.1. The first-order valence-electron chi connectivity index (χ1n) is 8.35. The minimum Gasteiger partial charge on any atom is -0.357 e. The van der Waals surface area contributed by atoms with Crippen molar-refractivity contribution < 1.29 is 4.79 Å². The molecule has 2 atom stereocenters. The van der Waals surface area contributed by atoms with Crippen LogP contribution in [0.4, 0.5) is 5.13 Å². The van der Waals surface area contributed by atoms with Gasteiger partial charge >= 0.3 is 0 Å². The maximum absolute atomic E-state index is 12.5. The number of anilines is 1. The molecule has 1 N–H and O–H groups in total. The molecule has 126 valence electrons. The van der Waals surface area contributed by atoms with Crippen LogP contribution in [0.2, 0.25) is 0 Å². The summed E-state index contributed by atoms with van der Waals surface area (Å²) in [5.74, 6) is 2.31. The zero-order valence-corrected chi connectivity index (χ0v) is 15.0. The fourth-order valence-electron chi connectivity index (χ4n) is 3.54. The lowest BCUT2D eigenvalue weighted by atomic mass is 9.75. The van der Waals surface area contributed by atoms with Gasteiger partial charge in [-0.15, -0.1) is 16.8 Å². The van der Waals surface area contributed by atoms with Crippen LogP contribution in [-0.4, -0.2) is 46.4 Å². The summed E-state index contributed by atoms with van der Waals surface area (Å²) in [6.07, 6.45) is 8.36. The third-order valence-corrected chi connectivity index (χ3v) is 6.77. The Morgan fingerprint density at radius 2 is 2.17 bits per heavy atom. The highest BCUT2D eigenvalue weighted by atomic mass is 32.2. The van der Waals surface area contributed by atoms with E-state index < -0.39 is 0 Å². The van der Waals surface area contributed by atoms with Gasteiger partial charge in [0.1, 0.15) is 0 Å². The Balaban J connectivity index is 1.45. The van der Waals surface area contributed by atoms with Gasteiger partial charge in [0.05, 0.1) is 5.75 Å². The summed E-state index contributed by atoms with van der Waals surface area (Å²) in [6.45, 7) is 6.23. The molecular weight excluding hydrogens is 328 g/mol. The van der Waals surface area contributed by atoms with E-state index in [1.54, 1.807) is 6.08 Å².